The fourth-order valence-corrected chi connectivity index (χ4v) is 1.61. The standard InChI is InChI=1S/C11H11F3N4O2/c1-18-16-10(15-17-18)6-9(19)7-3-2-4-8(5-7)20-11(12,13)14/h2-5,9,19H,6H2,1H3. The topological polar surface area (TPSA) is 73.1 Å². The third kappa shape index (κ3) is 3.92. The molecular weight excluding hydrogens is 277 g/mol. The second-order valence-corrected chi connectivity index (χ2v) is 4.04. The normalized spacial score (nSPS) is 13.2. The van der Waals surface area contributed by atoms with Crippen LogP contribution >= 0.6 is 0 Å². The summed E-state index contributed by atoms with van der Waals surface area (Å²) in [4.78, 5) is 1.23. The van der Waals surface area contributed by atoms with Crippen LogP contribution < -0.4 is 4.74 Å². The predicted octanol–water partition coefficient (Wildman–Crippen LogP) is 1.38. The van der Waals surface area contributed by atoms with Gasteiger partial charge in [0.25, 0.3) is 0 Å². The van der Waals surface area contributed by atoms with Crippen molar-refractivity contribution in [1.82, 2.24) is 20.2 Å². The highest BCUT2D eigenvalue weighted by Gasteiger charge is 2.31. The lowest BCUT2D eigenvalue weighted by molar-refractivity contribution is -0.274. The summed E-state index contributed by atoms with van der Waals surface area (Å²) in [5.74, 6) is -0.0942. The summed E-state index contributed by atoms with van der Waals surface area (Å²) in [5.41, 5.74) is 0.277. The van der Waals surface area contributed by atoms with E-state index in [0.717, 1.165) is 12.1 Å². The van der Waals surface area contributed by atoms with Crippen LogP contribution in [0.1, 0.15) is 17.5 Å². The van der Waals surface area contributed by atoms with E-state index in [9.17, 15) is 18.3 Å². The number of benzene rings is 1. The van der Waals surface area contributed by atoms with E-state index in [2.05, 4.69) is 20.1 Å². The zero-order valence-corrected chi connectivity index (χ0v) is 10.4. The molecule has 0 radical (unpaired) electrons. The molecule has 0 saturated heterocycles. The number of nitrogens with zero attached hydrogens (tertiary/aromatic N) is 4. The summed E-state index contributed by atoms with van der Waals surface area (Å²) in [6.45, 7) is 0. The Morgan fingerprint density at radius 1 is 1.40 bits per heavy atom. The summed E-state index contributed by atoms with van der Waals surface area (Å²) in [7, 11) is 1.57. The van der Waals surface area contributed by atoms with Crippen LogP contribution in [-0.4, -0.2) is 31.7 Å². The number of aliphatic hydroxyl groups excluding tert-OH is 1. The van der Waals surface area contributed by atoms with Gasteiger partial charge in [-0.3, -0.25) is 0 Å². The molecule has 0 amide bonds. The fourth-order valence-electron chi connectivity index (χ4n) is 1.61. The van der Waals surface area contributed by atoms with E-state index in [1.54, 1.807) is 7.05 Å². The number of halogens is 3. The maximum Gasteiger partial charge on any atom is 0.573 e. The lowest BCUT2D eigenvalue weighted by Crippen LogP contribution is -2.17. The minimum absolute atomic E-state index is 0.0450. The van der Waals surface area contributed by atoms with E-state index in [0.29, 0.717) is 5.82 Å². The quantitative estimate of drug-likeness (QED) is 0.920. The van der Waals surface area contributed by atoms with Crippen LogP contribution in [0.2, 0.25) is 0 Å². The van der Waals surface area contributed by atoms with Gasteiger partial charge in [-0.05, 0) is 22.9 Å². The monoisotopic (exact) mass is 288 g/mol. The van der Waals surface area contributed by atoms with Crippen LogP contribution in [0.25, 0.3) is 0 Å². The van der Waals surface area contributed by atoms with Crippen LogP contribution in [0.4, 0.5) is 13.2 Å². The van der Waals surface area contributed by atoms with Crippen molar-refractivity contribution in [1.29, 1.82) is 0 Å². The highest BCUT2D eigenvalue weighted by Crippen LogP contribution is 2.26. The SMILES string of the molecule is Cn1nnc(CC(O)c2cccc(OC(F)(F)F)c2)n1. The molecule has 0 aliphatic heterocycles. The summed E-state index contributed by atoms with van der Waals surface area (Å²) in [6.07, 6.45) is -5.77. The Bertz CT molecular complexity index is 585. The van der Waals surface area contributed by atoms with Gasteiger partial charge in [-0.15, -0.1) is 23.4 Å². The molecule has 0 spiro atoms. The second kappa shape index (κ2) is 5.45. The van der Waals surface area contributed by atoms with Gasteiger partial charge in [-0.1, -0.05) is 12.1 Å². The maximum atomic E-state index is 12.1. The Balaban J connectivity index is 2.10. The van der Waals surface area contributed by atoms with Crippen molar-refractivity contribution < 1.29 is 23.0 Å². The number of alkyl halides is 3. The lowest BCUT2D eigenvalue weighted by atomic mass is 10.1. The summed E-state index contributed by atoms with van der Waals surface area (Å²) >= 11 is 0. The van der Waals surface area contributed by atoms with Crippen molar-refractivity contribution in [3.05, 3.63) is 35.7 Å². The molecule has 0 saturated carbocycles. The molecule has 0 aliphatic carbocycles. The first-order valence-electron chi connectivity index (χ1n) is 5.60. The molecule has 20 heavy (non-hydrogen) atoms. The number of hydrogen-bond donors (Lipinski definition) is 1. The van der Waals surface area contributed by atoms with Gasteiger partial charge in [0, 0.05) is 6.42 Å². The van der Waals surface area contributed by atoms with E-state index >= 15 is 0 Å². The second-order valence-electron chi connectivity index (χ2n) is 4.04. The smallest absolute Gasteiger partial charge is 0.406 e. The van der Waals surface area contributed by atoms with Crippen molar-refractivity contribution >= 4 is 0 Å². The molecule has 108 valence electrons. The molecule has 1 aromatic carbocycles. The molecule has 0 bridgehead atoms. The first-order valence-corrected chi connectivity index (χ1v) is 5.60. The highest BCUT2D eigenvalue weighted by molar-refractivity contribution is 5.30. The first kappa shape index (κ1) is 14.3. The molecular formula is C11H11F3N4O2. The van der Waals surface area contributed by atoms with Crippen LogP contribution in [-0.2, 0) is 13.5 Å². The Kier molecular flexibility index (Phi) is 3.89. The van der Waals surface area contributed by atoms with E-state index in [1.807, 2.05) is 0 Å². The molecule has 9 heteroatoms. The van der Waals surface area contributed by atoms with Gasteiger partial charge in [-0.2, -0.15) is 4.80 Å². The average Bonchev–Trinajstić information content (AvgIpc) is 2.73. The average molecular weight is 288 g/mol. The van der Waals surface area contributed by atoms with Gasteiger partial charge in [-0.25, -0.2) is 0 Å². The number of aryl methyl sites for hydroxylation is 1. The molecule has 2 aromatic rings. The van der Waals surface area contributed by atoms with E-state index in [-0.39, 0.29) is 17.7 Å². The van der Waals surface area contributed by atoms with Gasteiger partial charge >= 0.3 is 6.36 Å². The Morgan fingerprint density at radius 3 is 2.75 bits per heavy atom. The van der Waals surface area contributed by atoms with Gasteiger partial charge < -0.3 is 9.84 Å². The van der Waals surface area contributed by atoms with E-state index in [1.165, 1.54) is 16.9 Å². The van der Waals surface area contributed by atoms with Gasteiger partial charge in [0.15, 0.2) is 5.82 Å². The lowest BCUT2D eigenvalue weighted by Gasteiger charge is -2.12. The van der Waals surface area contributed by atoms with E-state index in [4.69, 9.17) is 0 Å². The molecule has 0 aliphatic rings. The van der Waals surface area contributed by atoms with Gasteiger partial charge in [0.1, 0.15) is 5.75 Å². The van der Waals surface area contributed by atoms with Crippen molar-refractivity contribution in [2.45, 2.75) is 18.9 Å². The van der Waals surface area contributed by atoms with E-state index < -0.39 is 12.5 Å². The summed E-state index contributed by atoms with van der Waals surface area (Å²) in [6, 6.07) is 5.13. The number of aliphatic hydroxyl groups is 1. The maximum absolute atomic E-state index is 12.1. The molecule has 2 rings (SSSR count). The highest BCUT2D eigenvalue weighted by atomic mass is 19.4. The zero-order valence-electron chi connectivity index (χ0n) is 10.4. The number of rotatable bonds is 4. The summed E-state index contributed by atoms with van der Waals surface area (Å²) < 4.78 is 40.1. The zero-order chi connectivity index (χ0) is 14.8. The molecule has 1 atom stereocenters. The minimum Gasteiger partial charge on any atom is -0.406 e. The fraction of sp³-hybridized carbons (Fsp3) is 0.364. The number of aromatic nitrogens is 4. The van der Waals surface area contributed by atoms with Crippen molar-refractivity contribution in [2.75, 3.05) is 0 Å². The van der Waals surface area contributed by atoms with Crippen LogP contribution in [0.15, 0.2) is 24.3 Å². The third-order valence-corrected chi connectivity index (χ3v) is 2.40. The van der Waals surface area contributed by atoms with Gasteiger partial charge in [0.05, 0.1) is 13.2 Å². The van der Waals surface area contributed by atoms with Crippen LogP contribution in [0.5, 0.6) is 5.75 Å². The minimum atomic E-state index is -4.77. The van der Waals surface area contributed by atoms with Crippen LogP contribution in [0, 0.1) is 0 Å². The third-order valence-electron chi connectivity index (χ3n) is 2.40. The molecule has 1 unspecified atom stereocenters. The van der Waals surface area contributed by atoms with Crippen molar-refractivity contribution in [2.24, 2.45) is 7.05 Å². The number of hydrogen-bond acceptors (Lipinski definition) is 5. The molecule has 1 N–H and O–H groups in total. The number of tetrazole rings is 1. The molecule has 1 aromatic heterocycles. The molecule has 1 heterocycles. The van der Waals surface area contributed by atoms with Crippen molar-refractivity contribution in [3.8, 4) is 5.75 Å². The Labute approximate surface area is 111 Å². The molecule has 6 nitrogen and oxygen atoms in total. The van der Waals surface area contributed by atoms with Gasteiger partial charge in [0.2, 0.25) is 0 Å². The molecule has 0 fully saturated rings. The first-order chi connectivity index (χ1) is 9.33. The Morgan fingerprint density at radius 2 is 2.15 bits per heavy atom. The predicted molar refractivity (Wildman–Crippen MR) is 60.6 cm³/mol. The van der Waals surface area contributed by atoms with Crippen molar-refractivity contribution in [3.63, 3.8) is 0 Å². The van der Waals surface area contributed by atoms with Crippen LogP contribution in [0.3, 0.4) is 0 Å². The summed E-state index contributed by atoms with van der Waals surface area (Å²) in [5, 5.41) is 21.1. The number of ether oxygens (including phenoxy) is 1. The Hall–Kier alpha value is -2.16. The largest absolute Gasteiger partial charge is 0.573 e.